The lowest BCUT2D eigenvalue weighted by Crippen LogP contribution is -2.26. The Kier molecular flexibility index (Phi) is 5.56. The average Bonchev–Trinajstić information content (AvgIpc) is 2.60. The van der Waals surface area contributed by atoms with Gasteiger partial charge >= 0.3 is 6.18 Å². The Morgan fingerprint density at radius 3 is 2.12 bits per heavy atom. The van der Waals surface area contributed by atoms with Crippen molar-refractivity contribution in [3.63, 3.8) is 0 Å². The fourth-order valence-electron chi connectivity index (χ4n) is 2.30. The molecule has 0 heterocycles. The Morgan fingerprint density at radius 1 is 1.00 bits per heavy atom. The SMILES string of the molecule is COc1ccc(C(=O)N[C@@H](C)c2ccc(C(F)(F)F)cc2)cc1OC. The van der Waals surface area contributed by atoms with Crippen molar-refractivity contribution < 1.29 is 27.4 Å². The largest absolute Gasteiger partial charge is 0.493 e. The number of carbonyl (C=O) groups is 1. The molecule has 25 heavy (non-hydrogen) atoms. The van der Waals surface area contributed by atoms with Gasteiger partial charge in [0.15, 0.2) is 11.5 Å². The van der Waals surface area contributed by atoms with Gasteiger partial charge in [0.05, 0.1) is 25.8 Å². The molecule has 1 atom stereocenters. The Bertz CT molecular complexity index is 742. The van der Waals surface area contributed by atoms with Crippen LogP contribution in [-0.4, -0.2) is 20.1 Å². The molecule has 0 saturated heterocycles. The third-order valence-electron chi connectivity index (χ3n) is 3.73. The average molecular weight is 353 g/mol. The van der Waals surface area contributed by atoms with Crippen molar-refractivity contribution in [2.24, 2.45) is 0 Å². The van der Waals surface area contributed by atoms with Crippen molar-refractivity contribution in [3.8, 4) is 11.5 Å². The molecule has 2 rings (SSSR count). The van der Waals surface area contributed by atoms with Gasteiger partial charge in [0.25, 0.3) is 5.91 Å². The van der Waals surface area contributed by atoms with E-state index in [1.807, 2.05) is 0 Å². The number of hydrogen-bond donors (Lipinski definition) is 1. The van der Waals surface area contributed by atoms with Crippen LogP contribution >= 0.6 is 0 Å². The fraction of sp³-hybridized carbons (Fsp3) is 0.278. The minimum absolute atomic E-state index is 0.358. The Balaban J connectivity index is 2.12. The number of ether oxygens (including phenoxy) is 2. The molecule has 7 heteroatoms. The van der Waals surface area contributed by atoms with E-state index in [9.17, 15) is 18.0 Å². The molecule has 4 nitrogen and oxygen atoms in total. The first kappa shape index (κ1) is 18.6. The first-order valence-corrected chi connectivity index (χ1v) is 7.46. The van der Waals surface area contributed by atoms with Crippen LogP contribution in [-0.2, 0) is 6.18 Å². The predicted molar refractivity (Wildman–Crippen MR) is 86.9 cm³/mol. The normalized spacial score (nSPS) is 12.4. The van der Waals surface area contributed by atoms with Gasteiger partial charge in [0, 0.05) is 5.56 Å². The van der Waals surface area contributed by atoms with E-state index >= 15 is 0 Å². The monoisotopic (exact) mass is 353 g/mol. The van der Waals surface area contributed by atoms with Gasteiger partial charge in [-0.2, -0.15) is 13.2 Å². The van der Waals surface area contributed by atoms with Gasteiger partial charge in [0.1, 0.15) is 0 Å². The van der Waals surface area contributed by atoms with Crippen LogP contribution in [0.5, 0.6) is 11.5 Å². The summed E-state index contributed by atoms with van der Waals surface area (Å²) in [6.45, 7) is 1.70. The summed E-state index contributed by atoms with van der Waals surface area (Å²) in [5, 5.41) is 2.74. The summed E-state index contributed by atoms with van der Waals surface area (Å²) in [5.41, 5.74) is 0.202. The van der Waals surface area contributed by atoms with Crippen LogP contribution in [0.2, 0.25) is 0 Å². The van der Waals surface area contributed by atoms with E-state index in [4.69, 9.17) is 9.47 Å². The second kappa shape index (κ2) is 7.46. The van der Waals surface area contributed by atoms with E-state index in [2.05, 4.69) is 5.32 Å². The smallest absolute Gasteiger partial charge is 0.416 e. The number of hydrogen-bond acceptors (Lipinski definition) is 3. The second-order valence-electron chi connectivity index (χ2n) is 5.38. The number of carbonyl (C=O) groups excluding carboxylic acids is 1. The third-order valence-corrected chi connectivity index (χ3v) is 3.73. The Morgan fingerprint density at radius 2 is 1.60 bits per heavy atom. The highest BCUT2D eigenvalue weighted by molar-refractivity contribution is 5.95. The van der Waals surface area contributed by atoms with Crippen LogP contribution in [0.1, 0.15) is 34.5 Å². The molecule has 0 aliphatic carbocycles. The van der Waals surface area contributed by atoms with E-state index in [1.54, 1.807) is 19.1 Å². The molecule has 0 spiro atoms. The molecule has 2 aromatic carbocycles. The summed E-state index contributed by atoms with van der Waals surface area (Å²) >= 11 is 0. The van der Waals surface area contributed by atoms with E-state index in [0.29, 0.717) is 22.6 Å². The van der Waals surface area contributed by atoms with Crippen LogP contribution in [0.15, 0.2) is 42.5 Å². The van der Waals surface area contributed by atoms with Crippen LogP contribution in [0.3, 0.4) is 0 Å². The minimum atomic E-state index is -4.38. The summed E-state index contributed by atoms with van der Waals surface area (Å²) in [7, 11) is 2.95. The molecular weight excluding hydrogens is 335 g/mol. The second-order valence-corrected chi connectivity index (χ2v) is 5.38. The third kappa shape index (κ3) is 4.43. The molecule has 1 N–H and O–H groups in total. The molecule has 0 aliphatic rings. The Hall–Kier alpha value is -2.70. The van der Waals surface area contributed by atoms with Gasteiger partial charge in [-0.15, -0.1) is 0 Å². The molecule has 0 fully saturated rings. The highest BCUT2D eigenvalue weighted by Gasteiger charge is 2.30. The van der Waals surface area contributed by atoms with Crippen LogP contribution in [0.25, 0.3) is 0 Å². The molecule has 0 unspecified atom stereocenters. The highest BCUT2D eigenvalue weighted by Crippen LogP contribution is 2.30. The van der Waals surface area contributed by atoms with Gasteiger partial charge in [-0.1, -0.05) is 12.1 Å². The zero-order valence-corrected chi connectivity index (χ0v) is 14.0. The maximum atomic E-state index is 12.6. The van der Waals surface area contributed by atoms with Gasteiger partial charge in [-0.05, 0) is 42.8 Å². The van der Waals surface area contributed by atoms with Crippen molar-refractivity contribution in [1.29, 1.82) is 0 Å². The molecule has 2 aromatic rings. The summed E-state index contributed by atoms with van der Waals surface area (Å²) in [5.74, 6) is 0.542. The molecule has 0 aliphatic heterocycles. The van der Waals surface area contributed by atoms with Crippen molar-refractivity contribution in [1.82, 2.24) is 5.32 Å². The van der Waals surface area contributed by atoms with Crippen LogP contribution in [0, 0.1) is 0 Å². The summed E-state index contributed by atoms with van der Waals surface area (Å²) in [4.78, 5) is 12.3. The van der Waals surface area contributed by atoms with E-state index < -0.39 is 17.8 Å². The van der Waals surface area contributed by atoms with E-state index in [0.717, 1.165) is 12.1 Å². The molecule has 134 valence electrons. The van der Waals surface area contributed by atoms with E-state index in [-0.39, 0.29) is 5.91 Å². The zero-order valence-electron chi connectivity index (χ0n) is 14.0. The first-order chi connectivity index (χ1) is 11.8. The maximum Gasteiger partial charge on any atom is 0.416 e. The molecular formula is C18H18F3NO3. The number of methoxy groups -OCH3 is 2. The lowest BCUT2D eigenvalue weighted by molar-refractivity contribution is -0.137. The summed E-state index contributed by atoms with van der Waals surface area (Å²) in [6, 6.07) is 8.95. The number of nitrogens with one attached hydrogen (secondary N) is 1. The van der Waals surface area contributed by atoms with Crippen molar-refractivity contribution >= 4 is 5.91 Å². The zero-order chi connectivity index (χ0) is 18.6. The topological polar surface area (TPSA) is 47.6 Å². The van der Waals surface area contributed by atoms with Crippen molar-refractivity contribution in [2.75, 3.05) is 14.2 Å². The molecule has 0 bridgehead atoms. The van der Waals surface area contributed by atoms with Crippen LogP contribution in [0.4, 0.5) is 13.2 Å². The Labute approximate surface area is 143 Å². The standard InChI is InChI=1S/C18H18F3NO3/c1-11(12-4-7-14(8-5-12)18(19,20)21)22-17(23)13-6-9-15(24-2)16(10-13)25-3/h4-11H,1-3H3,(H,22,23)/t11-/m0/s1. The summed E-state index contributed by atoms with van der Waals surface area (Å²) < 4.78 is 48.0. The van der Waals surface area contributed by atoms with Gasteiger partial charge in [-0.3, -0.25) is 4.79 Å². The lowest BCUT2D eigenvalue weighted by atomic mass is 10.1. The number of amides is 1. The summed E-state index contributed by atoms with van der Waals surface area (Å²) in [6.07, 6.45) is -4.38. The number of alkyl halides is 3. The van der Waals surface area contributed by atoms with Gasteiger partial charge in [0.2, 0.25) is 0 Å². The van der Waals surface area contributed by atoms with Gasteiger partial charge < -0.3 is 14.8 Å². The number of benzene rings is 2. The number of halogens is 3. The molecule has 0 saturated carbocycles. The molecule has 0 aromatic heterocycles. The maximum absolute atomic E-state index is 12.6. The molecule has 1 amide bonds. The fourth-order valence-corrected chi connectivity index (χ4v) is 2.30. The van der Waals surface area contributed by atoms with Crippen LogP contribution < -0.4 is 14.8 Å². The van der Waals surface area contributed by atoms with E-state index in [1.165, 1.54) is 32.4 Å². The number of rotatable bonds is 5. The minimum Gasteiger partial charge on any atom is -0.493 e. The van der Waals surface area contributed by atoms with Crippen molar-refractivity contribution in [3.05, 3.63) is 59.2 Å². The van der Waals surface area contributed by atoms with Gasteiger partial charge in [-0.25, -0.2) is 0 Å². The van der Waals surface area contributed by atoms with Crippen molar-refractivity contribution in [2.45, 2.75) is 19.1 Å². The first-order valence-electron chi connectivity index (χ1n) is 7.46. The quantitative estimate of drug-likeness (QED) is 0.876. The highest BCUT2D eigenvalue weighted by atomic mass is 19.4. The lowest BCUT2D eigenvalue weighted by Gasteiger charge is -2.16. The molecule has 0 radical (unpaired) electrons. The predicted octanol–water partition coefficient (Wildman–Crippen LogP) is 4.21.